The summed E-state index contributed by atoms with van der Waals surface area (Å²) >= 11 is 6.36. The number of aromatic nitrogens is 2. The highest BCUT2D eigenvalue weighted by Gasteiger charge is 2.33. The molecule has 0 spiro atoms. The van der Waals surface area contributed by atoms with Crippen molar-refractivity contribution in [3.63, 3.8) is 0 Å². The van der Waals surface area contributed by atoms with Gasteiger partial charge in [0, 0.05) is 28.4 Å². The van der Waals surface area contributed by atoms with Crippen molar-refractivity contribution in [1.82, 2.24) is 9.78 Å². The first-order chi connectivity index (χ1) is 10.4. The van der Waals surface area contributed by atoms with E-state index in [1.165, 1.54) is 7.11 Å². The highest BCUT2D eigenvalue weighted by atomic mass is 35.5. The van der Waals surface area contributed by atoms with Gasteiger partial charge in [-0.1, -0.05) is 43.6 Å². The molecule has 1 aliphatic heterocycles. The van der Waals surface area contributed by atoms with E-state index in [1.807, 2.05) is 28.9 Å². The zero-order chi connectivity index (χ0) is 15.9. The molecular weight excluding hydrogens is 300 g/mol. The molecule has 0 unspecified atom stereocenters. The second-order valence-corrected chi connectivity index (χ2v) is 6.86. The van der Waals surface area contributed by atoms with Crippen LogP contribution < -0.4 is 0 Å². The Morgan fingerprint density at radius 2 is 2.09 bits per heavy atom. The van der Waals surface area contributed by atoms with Crippen molar-refractivity contribution >= 4 is 17.6 Å². The van der Waals surface area contributed by atoms with E-state index in [0.717, 1.165) is 36.2 Å². The minimum absolute atomic E-state index is 0.180. The van der Waals surface area contributed by atoms with Gasteiger partial charge in [-0.3, -0.25) is 4.68 Å². The van der Waals surface area contributed by atoms with Crippen LogP contribution in [0.2, 0.25) is 5.02 Å². The van der Waals surface area contributed by atoms with E-state index in [4.69, 9.17) is 16.3 Å². The lowest BCUT2D eigenvalue weighted by molar-refractivity contribution is 0.0593. The van der Waals surface area contributed by atoms with Crippen molar-refractivity contribution in [2.75, 3.05) is 7.11 Å². The number of ether oxygens (including phenoxy) is 1. The van der Waals surface area contributed by atoms with E-state index in [-0.39, 0.29) is 5.41 Å². The first-order valence-electron chi connectivity index (χ1n) is 7.36. The van der Waals surface area contributed by atoms with Crippen molar-refractivity contribution in [1.29, 1.82) is 0 Å². The van der Waals surface area contributed by atoms with Crippen LogP contribution in [-0.4, -0.2) is 22.9 Å². The van der Waals surface area contributed by atoms with Gasteiger partial charge in [-0.05, 0) is 24.3 Å². The summed E-state index contributed by atoms with van der Waals surface area (Å²) in [5.41, 5.74) is 3.24. The molecule has 0 bridgehead atoms. The smallest absolute Gasteiger partial charge is 0.359 e. The Morgan fingerprint density at radius 1 is 1.36 bits per heavy atom. The zero-order valence-corrected chi connectivity index (χ0v) is 13.8. The largest absolute Gasteiger partial charge is 0.464 e. The van der Waals surface area contributed by atoms with Gasteiger partial charge in [0.2, 0.25) is 0 Å². The number of carbonyl (C=O) groups excluding carboxylic acids is 1. The number of carbonyl (C=O) groups is 1. The lowest BCUT2D eigenvalue weighted by Crippen LogP contribution is -2.26. The normalized spacial score (nSPS) is 16.2. The minimum atomic E-state index is -0.422. The molecule has 0 fully saturated rings. The lowest BCUT2D eigenvalue weighted by Gasteiger charge is -2.30. The lowest BCUT2D eigenvalue weighted by atomic mass is 9.80. The molecule has 0 aliphatic carbocycles. The van der Waals surface area contributed by atoms with Crippen LogP contribution in [0.4, 0.5) is 0 Å². The van der Waals surface area contributed by atoms with E-state index in [0.29, 0.717) is 10.7 Å². The Kier molecular flexibility index (Phi) is 3.73. The van der Waals surface area contributed by atoms with Crippen LogP contribution in [0.25, 0.3) is 11.1 Å². The van der Waals surface area contributed by atoms with Gasteiger partial charge in [-0.2, -0.15) is 5.10 Å². The molecule has 0 amide bonds. The maximum absolute atomic E-state index is 12.2. The predicted molar refractivity (Wildman–Crippen MR) is 86.1 cm³/mol. The monoisotopic (exact) mass is 318 g/mol. The summed E-state index contributed by atoms with van der Waals surface area (Å²) < 4.78 is 6.84. The Balaban J connectivity index is 2.25. The molecule has 5 heteroatoms. The SMILES string of the molecule is COC(=O)c1nn2c(c1-c1ccccc1Cl)CC(C)(C)CC2. The molecule has 1 aromatic carbocycles. The second-order valence-electron chi connectivity index (χ2n) is 6.46. The molecular formula is C17H19ClN2O2. The Morgan fingerprint density at radius 3 is 2.77 bits per heavy atom. The number of rotatable bonds is 2. The fourth-order valence-corrected chi connectivity index (χ4v) is 3.23. The summed E-state index contributed by atoms with van der Waals surface area (Å²) in [6.45, 7) is 5.27. The fourth-order valence-electron chi connectivity index (χ4n) is 3.00. The van der Waals surface area contributed by atoms with Gasteiger partial charge in [0.1, 0.15) is 0 Å². The summed E-state index contributed by atoms with van der Waals surface area (Å²) in [7, 11) is 1.38. The van der Waals surface area contributed by atoms with Crippen LogP contribution in [0, 0.1) is 5.41 Å². The van der Waals surface area contributed by atoms with E-state index < -0.39 is 5.97 Å². The third-order valence-electron chi connectivity index (χ3n) is 4.23. The topological polar surface area (TPSA) is 44.1 Å². The predicted octanol–water partition coefficient (Wildman–Crippen LogP) is 3.96. The molecule has 0 saturated carbocycles. The van der Waals surface area contributed by atoms with Gasteiger partial charge in [0.05, 0.1) is 7.11 Å². The number of hydrogen-bond donors (Lipinski definition) is 0. The summed E-state index contributed by atoms with van der Waals surface area (Å²) in [5, 5.41) is 5.11. The number of aryl methyl sites for hydroxylation is 1. The maximum Gasteiger partial charge on any atom is 0.359 e. The summed E-state index contributed by atoms with van der Waals surface area (Å²) in [4.78, 5) is 12.2. The Bertz CT molecular complexity index is 734. The van der Waals surface area contributed by atoms with Crippen molar-refractivity contribution in [3.8, 4) is 11.1 Å². The van der Waals surface area contributed by atoms with Crippen LogP contribution in [0.15, 0.2) is 24.3 Å². The Labute approximate surface area is 135 Å². The summed E-state index contributed by atoms with van der Waals surface area (Å²) in [6.07, 6.45) is 1.89. The van der Waals surface area contributed by atoms with Crippen molar-refractivity contribution < 1.29 is 9.53 Å². The Hall–Kier alpha value is -1.81. The van der Waals surface area contributed by atoms with Crippen LogP contribution >= 0.6 is 11.6 Å². The fraction of sp³-hybridized carbons (Fsp3) is 0.412. The highest BCUT2D eigenvalue weighted by Crippen LogP contribution is 2.40. The maximum atomic E-state index is 12.2. The number of methoxy groups -OCH3 is 1. The first-order valence-corrected chi connectivity index (χ1v) is 7.73. The number of hydrogen-bond acceptors (Lipinski definition) is 3. The van der Waals surface area contributed by atoms with Crippen LogP contribution in [0.5, 0.6) is 0 Å². The molecule has 0 N–H and O–H groups in total. The molecule has 1 aromatic heterocycles. The van der Waals surface area contributed by atoms with Gasteiger partial charge in [-0.25, -0.2) is 4.79 Å². The molecule has 1 aliphatic rings. The molecule has 0 saturated heterocycles. The molecule has 2 heterocycles. The van der Waals surface area contributed by atoms with Crippen LogP contribution in [0.3, 0.4) is 0 Å². The average Bonchev–Trinajstić information content (AvgIpc) is 2.84. The zero-order valence-electron chi connectivity index (χ0n) is 13.0. The van der Waals surface area contributed by atoms with Crippen LogP contribution in [-0.2, 0) is 17.7 Å². The van der Waals surface area contributed by atoms with Crippen LogP contribution in [0.1, 0.15) is 36.5 Å². The number of nitrogens with zero attached hydrogens (tertiary/aromatic N) is 2. The van der Waals surface area contributed by atoms with Crippen molar-refractivity contribution in [2.45, 2.75) is 33.2 Å². The van der Waals surface area contributed by atoms with Gasteiger partial charge in [-0.15, -0.1) is 0 Å². The molecule has 0 atom stereocenters. The number of esters is 1. The summed E-state index contributed by atoms with van der Waals surface area (Å²) in [5.74, 6) is -0.422. The highest BCUT2D eigenvalue weighted by molar-refractivity contribution is 6.33. The van der Waals surface area contributed by atoms with E-state index in [1.54, 1.807) is 0 Å². The van der Waals surface area contributed by atoms with E-state index in [9.17, 15) is 4.79 Å². The second kappa shape index (κ2) is 5.43. The molecule has 116 valence electrons. The molecule has 4 nitrogen and oxygen atoms in total. The molecule has 3 rings (SSSR count). The van der Waals surface area contributed by atoms with Crippen molar-refractivity contribution in [2.24, 2.45) is 5.41 Å². The number of benzene rings is 1. The van der Waals surface area contributed by atoms with E-state index >= 15 is 0 Å². The molecule has 0 radical (unpaired) electrons. The molecule has 22 heavy (non-hydrogen) atoms. The third kappa shape index (κ3) is 2.52. The number of fused-ring (bicyclic) bond motifs is 1. The third-order valence-corrected chi connectivity index (χ3v) is 4.56. The number of halogens is 1. The first kappa shape index (κ1) is 15.1. The molecule has 2 aromatic rings. The average molecular weight is 319 g/mol. The van der Waals surface area contributed by atoms with E-state index in [2.05, 4.69) is 18.9 Å². The quantitative estimate of drug-likeness (QED) is 0.787. The van der Waals surface area contributed by atoms with Gasteiger partial charge in [0.15, 0.2) is 5.69 Å². The van der Waals surface area contributed by atoms with Gasteiger partial charge in [0.25, 0.3) is 0 Å². The van der Waals surface area contributed by atoms with Crippen molar-refractivity contribution in [3.05, 3.63) is 40.7 Å². The minimum Gasteiger partial charge on any atom is -0.464 e. The standard InChI is InChI=1S/C17H19ClN2O2/c1-17(2)8-9-20-13(10-17)14(15(19-20)16(21)22-3)11-6-4-5-7-12(11)18/h4-7H,8-10H2,1-3H3. The van der Waals surface area contributed by atoms with Gasteiger partial charge < -0.3 is 4.74 Å². The van der Waals surface area contributed by atoms with Gasteiger partial charge >= 0.3 is 5.97 Å². The summed E-state index contributed by atoms with van der Waals surface area (Å²) in [6, 6.07) is 7.55.